The van der Waals surface area contributed by atoms with Gasteiger partial charge in [-0.1, -0.05) is 78.2 Å². The van der Waals surface area contributed by atoms with Crippen LogP contribution in [0.15, 0.2) is 23.3 Å². The lowest BCUT2D eigenvalue weighted by atomic mass is 9.50. The number of fused-ring (bicyclic) bond motifs is 5. The van der Waals surface area contributed by atoms with Crippen molar-refractivity contribution in [3.05, 3.63) is 23.3 Å². The molecular weight excluding hydrogens is 484 g/mol. The van der Waals surface area contributed by atoms with Gasteiger partial charge < -0.3 is 14.6 Å². The lowest BCUT2D eigenvalue weighted by molar-refractivity contribution is -0.0463. The summed E-state index contributed by atoms with van der Waals surface area (Å²) in [5.41, 5.74) is 3.18. The zero-order valence-electron chi connectivity index (χ0n) is 26.5. The summed E-state index contributed by atoms with van der Waals surface area (Å²) in [5, 5.41) is 20.3. The van der Waals surface area contributed by atoms with Crippen molar-refractivity contribution < 1.29 is 14.6 Å². The molecule has 4 aliphatic rings. The van der Waals surface area contributed by atoms with Gasteiger partial charge in [-0.05, 0) is 117 Å². The maximum absolute atomic E-state index is 10.5. The second kappa shape index (κ2) is 10.4. The van der Waals surface area contributed by atoms with Gasteiger partial charge in [-0.2, -0.15) is 0 Å². The Morgan fingerprint density at radius 3 is 2.29 bits per heavy atom. The maximum Gasteiger partial charge on any atom is 0.192 e. The highest BCUT2D eigenvalue weighted by atomic mass is 28.4. The van der Waals surface area contributed by atoms with E-state index in [0.29, 0.717) is 28.8 Å². The predicted octanol–water partition coefficient (Wildman–Crippen LogP) is 8.67. The minimum absolute atomic E-state index is 0.121. The average Bonchev–Trinajstić information content (AvgIpc) is 3.19. The number of aliphatic hydroxyl groups excluding tert-OH is 1. The van der Waals surface area contributed by atoms with Crippen LogP contribution >= 0.6 is 0 Å². The quantitative estimate of drug-likeness (QED) is 0.301. The van der Waals surface area contributed by atoms with Gasteiger partial charge in [0.2, 0.25) is 0 Å². The Morgan fingerprint density at radius 2 is 1.66 bits per heavy atom. The van der Waals surface area contributed by atoms with Crippen LogP contribution in [0, 0.1) is 40.4 Å². The first-order valence-corrected chi connectivity index (χ1v) is 18.8. The first-order chi connectivity index (χ1) is 17.5. The van der Waals surface area contributed by atoms with Crippen molar-refractivity contribution in [2.45, 2.75) is 143 Å². The monoisotopic (exact) mass is 544 g/mol. The molecule has 0 aromatic heterocycles. The normalized spacial score (nSPS) is 38.7. The Morgan fingerprint density at radius 1 is 0.974 bits per heavy atom. The van der Waals surface area contributed by atoms with Gasteiger partial charge in [0.05, 0.1) is 12.2 Å². The maximum atomic E-state index is 10.5. The molecule has 0 aliphatic heterocycles. The molecule has 4 heteroatoms. The van der Waals surface area contributed by atoms with Crippen LogP contribution in [0.3, 0.4) is 0 Å². The number of aliphatic hydroxyl groups is 2. The second-order valence-corrected chi connectivity index (χ2v) is 21.1. The van der Waals surface area contributed by atoms with E-state index >= 15 is 0 Å². The Hall–Kier alpha value is -0.423. The molecule has 218 valence electrons. The minimum atomic E-state index is -1.75. The molecule has 0 spiro atoms. The summed E-state index contributed by atoms with van der Waals surface area (Å²) in [4.78, 5) is 0. The van der Waals surface area contributed by atoms with Crippen LogP contribution < -0.4 is 0 Å². The van der Waals surface area contributed by atoms with Crippen molar-refractivity contribution >= 4 is 8.32 Å². The first-order valence-electron chi connectivity index (χ1n) is 15.9. The molecule has 2 N–H and O–H groups in total. The molecule has 0 heterocycles. The summed E-state index contributed by atoms with van der Waals surface area (Å²) in [6, 6.07) is 0. The molecule has 3 nitrogen and oxygen atoms in total. The standard InChI is InChI=1S/C34H60O3Si/c1-23(11-12-24(2)34(8,36)22-35)28-15-16-29-27-14-13-25-21-26(37-38(9,10)31(3,4)5)17-19-32(25,6)30(27)18-20-33(28,29)7/h13-14,23-24,26,28-30,35-36H,11-12,15-22H2,1-10H3/t23-,24+,26+,28-,29+,30+,32+,33-,34?/m1/s1. The van der Waals surface area contributed by atoms with Gasteiger partial charge in [-0.3, -0.25) is 0 Å². The molecule has 3 saturated carbocycles. The molecular formula is C34H60O3Si. The van der Waals surface area contributed by atoms with Crippen molar-refractivity contribution in [3.63, 3.8) is 0 Å². The van der Waals surface area contributed by atoms with Crippen molar-refractivity contribution in [2.75, 3.05) is 6.61 Å². The number of rotatable bonds is 8. The van der Waals surface area contributed by atoms with E-state index in [1.54, 1.807) is 18.1 Å². The van der Waals surface area contributed by atoms with Crippen LogP contribution in [0.4, 0.5) is 0 Å². The Bertz CT molecular complexity index is 927. The second-order valence-electron chi connectivity index (χ2n) is 16.3. The van der Waals surface area contributed by atoms with Crippen LogP contribution in [-0.4, -0.2) is 36.8 Å². The molecule has 0 saturated heterocycles. The van der Waals surface area contributed by atoms with Crippen molar-refractivity contribution in [2.24, 2.45) is 40.4 Å². The summed E-state index contributed by atoms with van der Waals surface area (Å²) < 4.78 is 6.91. The summed E-state index contributed by atoms with van der Waals surface area (Å²) in [6.07, 6.45) is 16.6. The van der Waals surface area contributed by atoms with Crippen LogP contribution in [0.5, 0.6) is 0 Å². The lowest BCUT2D eigenvalue weighted by Crippen LogP contribution is -2.49. The number of hydrogen-bond donors (Lipinski definition) is 2. The van der Waals surface area contributed by atoms with Gasteiger partial charge in [0, 0.05) is 6.10 Å². The van der Waals surface area contributed by atoms with Crippen molar-refractivity contribution in [3.8, 4) is 0 Å². The summed E-state index contributed by atoms with van der Waals surface area (Å²) >= 11 is 0. The van der Waals surface area contributed by atoms with E-state index in [1.165, 1.54) is 38.5 Å². The number of allylic oxidation sites excluding steroid dienone is 3. The Kier molecular flexibility index (Phi) is 8.39. The van der Waals surface area contributed by atoms with Crippen LogP contribution in [0.2, 0.25) is 18.1 Å². The zero-order valence-corrected chi connectivity index (χ0v) is 27.5. The third-order valence-electron chi connectivity index (χ3n) is 13.0. The largest absolute Gasteiger partial charge is 0.414 e. The molecule has 3 fully saturated rings. The highest BCUT2D eigenvalue weighted by Gasteiger charge is 2.57. The highest BCUT2D eigenvalue weighted by molar-refractivity contribution is 6.74. The highest BCUT2D eigenvalue weighted by Crippen LogP contribution is 2.66. The molecule has 0 aromatic rings. The van der Waals surface area contributed by atoms with Crippen LogP contribution in [-0.2, 0) is 4.43 Å². The third kappa shape index (κ3) is 5.30. The van der Waals surface area contributed by atoms with Gasteiger partial charge in [0.15, 0.2) is 8.32 Å². The van der Waals surface area contributed by atoms with Gasteiger partial charge in [0.25, 0.3) is 0 Å². The topological polar surface area (TPSA) is 49.7 Å². The minimum Gasteiger partial charge on any atom is -0.414 e. The van der Waals surface area contributed by atoms with Gasteiger partial charge in [0.1, 0.15) is 0 Å². The van der Waals surface area contributed by atoms with E-state index in [-0.39, 0.29) is 17.6 Å². The fourth-order valence-corrected chi connectivity index (χ4v) is 10.2. The molecule has 0 bridgehead atoms. The number of hydrogen-bond acceptors (Lipinski definition) is 3. The fraction of sp³-hybridized carbons (Fsp3) is 0.882. The lowest BCUT2D eigenvalue weighted by Gasteiger charge is -2.56. The summed E-state index contributed by atoms with van der Waals surface area (Å²) in [6.45, 7) is 23.3. The van der Waals surface area contributed by atoms with E-state index < -0.39 is 13.9 Å². The predicted molar refractivity (Wildman–Crippen MR) is 163 cm³/mol. The van der Waals surface area contributed by atoms with Gasteiger partial charge in [-0.25, -0.2) is 0 Å². The molecule has 4 aliphatic carbocycles. The van der Waals surface area contributed by atoms with E-state index in [4.69, 9.17) is 4.43 Å². The summed E-state index contributed by atoms with van der Waals surface area (Å²) in [7, 11) is -1.75. The molecule has 1 unspecified atom stereocenters. The van der Waals surface area contributed by atoms with Crippen molar-refractivity contribution in [1.29, 1.82) is 0 Å². The zero-order chi connectivity index (χ0) is 28.3. The van der Waals surface area contributed by atoms with Crippen LogP contribution in [0.25, 0.3) is 0 Å². The Labute approximate surface area is 236 Å². The Balaban J connectivity index is 1.47. The van der Waals surface area contributed by atoms with Crippen molar-refractivity contribution in [1.82, 2.24) is 0 Å². The molecule has 0 aromatic carbocycles. The van der Waals surface area contributed by atoms with E-state index in [0.717, 1.165) is 31.1 Å². The van der Waals surface area contributed by atoms with E-state index in [1.807, 2.05) is 0 Å². The smallest absolute Gasteiger partial charge is 0.192 e. The van der Waals surface area contributed by atoms with Gasteiger partial charge >= 0.3 is 0 Å². The third-order valence-corrected chi connectivity index (χ3v) is 17.5. The van der Waals surface area contributed by atoms with E-state index in [2.05, 4.69) is 73.7 Å². The fourth-order valence-electron chi connectivity index (χ4n) is 8.82. The average molecular weight is 545 g/mol. The summed E-state index contributed by atoms with van der Waals surface area (Å²) in [5.74, 6) is 2.97. The van der Waals surface area contributed by atoms with Crippen LogP contribution in [0.1, 0.15) is 113 Å². The molecule has 38 heavy (non-hydrogen) atoms. The molecule has 4 rings (SSSR count). The molecule has 9 atom stereocenters. The van der Waals surface area contributed by atoms with E-state index in [9.17, 15) is 10.2 Å². The SMILES string of the molecule is C[C@H](CC[C@H](C)C(C)(O)CO)[C@H]1CC[C@H]2C3=CC=C4C[C@@H](O[Si](C)(C)C(C)(C)C)CC[C@]4(C)[C@H]3CC[C@]12C. The molecule has 0 radical (unpaired) electrons. The molecule has 0 amide bonds. The first kappa shape index (κ1) is 30.5. The van der Waals surface area contributed by atoms with Gasteiger partial charge in [-0.15, -0.1) is 0 Å².